The number of nitrogens with zero attached hydrogens (tertiary/aromatic N) is 3. The molecule has 2 aliphatic heterocycles. The molecule has 2 saturated heterocycles. The van der Waals surface area contributed by atoms with Gasteiger partial charge in [-0.25, -0.2) is 12.7 Å². The maximum absolute atomic E-state index is 12.6. The number of carbonyl (C=O) groups excluding carboxylic acids is 3. The van der Waals surface area contributed by atoms with Crippen LogP contribution >= 0.6 is 11.6 Å². The lowest BCUT2D eigenvalue weighted by Gasteiger charge is -2.32. The van der Waals surface area contributed by atoms with Gasteiger partial charge in [0.15, 0.2) is 0 Å². The van der Waals surface area contributed by atoms with Gasteiger partial charge in [0.25, 0.3) is 5.91 Å². The van der Waals surface area contributed by atoms with Crippen LogP contribution in [0, 0.1) is 5.92 Å². The van der Waals surface area contributed by atoms with Crippen molar-refractivity contribution in [3.63, 3.8) is 0 Å². The number of anilines is 1. The second-order valence-corrected chi connectivity index (χ2v) is 8.65. The van der Waals surface area contributed by atoms with Gasteiger partial charge in [-0.2, -0.15) is 0 Å². The van der Waals surface area contributed by atoms with Crippen molar-refractivity contribution in [3.8, 4) is 0 Å². The molecule has 8 nitrogen and oxygen atoms in total. The predicted molar refractivity (Wildman–Crippen MR) is 95.4 cm³/mol. The van der Waals surface area contributed by atoms with Crippen molar-refractivity contribution in [1.29, 1.82) is 0 Å². The number of piperazine rings is 1. The first kappa shape index (κ1) is 18.7. The van der Waals surface area contributed by atoms with E-state index in [1.165, 1.54) is 18.2 Å². The minimum absolute atomic E-state index is 0.0767. The van der Waals surface area contributed by atoms with Gasteiger partial charge in [0, 0.05) is 26.2 Å². The Morgan fingerprint density at radius 2 is 1.88 bits per heavy atom. The molecule has 0 radical (unpaired) electrons. The summed E-state index contributed by atoms with van der Waals surface area (Å²) in [5.41, 5.74) is 0.360. The SMILES string of the molecule is CC1CS(=O)(=O)N(c2ccc(C(=O)N3CCN(C=O)CC3)c(Cl)c2)C1=O. The largest absolute Gasteiger partial charge is 0.342 e. The highest BCUT2D eigenvalue weighted by atomic mass is 35.5. The fraction of sp³-hybridized carbons (Fsp3) is 0.438. The average Bonchev–Trinajstić information content (AvgIpc) is 2.81. The number of rotatable bonds is 3. The second kappa shape index (κ2) is 6.88. The van der Waals surface area contributed by atoms with Crippen molar-refractivity contribution < 1.29 is 22.8 Å². The molecule has 140 valence electrons. The summed E-state index contributed by atoms with van der Waals surface area (Å²) in [4.78, 5) is 38.7. The summed E-state index contributed by atoms with van der Waals surface area (Å²) >= 11 is 6.21. The van der Waals surface area contributed by atoms with Gasteiger partial charge in [-0.15, -0.1) is 0 Å². The summed E-state index contributed by atoms with van der Waals surface area (Å²) in [5, 5.41) is 0.0767. The quantitative estimate of drug-likeness (QED) is 0.692. The summed E-state index contributed by atoms with van der Waals surface area (Å²) in [6, 6.07) is 4.16. The number of halogens is 1. The lowest BCUT2D eigenvalue weighted by Crippen LogP contribution is -2.48. The Morgan fingerprint density at radius 1 is 1.23 bits per heavy atom. The Kier molecular flexibility index (Phi) is 4.94. The zero-order chi connectivity index (χ0) is 19.1. The van der Waals surface area contributed by atoms with Gasteiger partial charge in [-0.3, -0.25) is 14.4 Å². The maximum atomic E-state index is 12.6. The molecule has 0 bridgehead atoms. The molecule has 2 fully saturated rings. The van der Waals surface area contributed by atoms with Crippen molar-refractivity contribution in [2.45, 2.75) is 6.92 Å². The van der Waals surface area contributed by atoms with Crippen molar-refractivity contribution in [3.05, 3.63) is 28.8 Å². The number of carbonyl (C=O) groups is 3. The molecule has 0 aromatic heterocycles. The van der Waals surface area contributed by atoms with Crippen molar-refractivity contribution in [1.82, 2.24) is 9.80 Å². The van der Waals surface area contributed by atoms with Crippen LogP contribution in [0.25, 0.3) is 0 Å². The molecule has 26 heavy (non-hydrogen) atoms. The third-order valence-electron chi connectivity index (χ3n) is 4.53. The molecular weight excluding hydrogens is 382 g/mol. The predicted octanol–water partition coefficient (Wildman–Crippen LogP) is 0.567. The summed E-state index contributed by atoms with van der Waals surface area (Å²) < 4.78 is 25.1. The van der Waals surface area contributed by atoms with E-state index in [1.807, 2.05) is 0 Å². The minimum atomic E-state index is -3.73. The number of benzene rings is 1. The molecule has 2 heterocycles. The summed E-state index contributed by atoms with van der Waals surface area (Å²) in [5.74, 6) is -1.67. The van der Waals surface area contributed by atoms with Crippen LogP contribution in [-0.2, 0) is 19.6 Å². The van der Waals surface area contributed by atoms with Crippen LogP contribution in [0.15, 0.2) is 18.2 Å². The zero-order valence-electron chi connectivity index (χ0n) is 14.1. The third-order valence-corrected chi connectivity index (χ3v) is 6.71. The van der Waals surface area contributed by atoms with Crippen LogP contribution in [0.2, 0.25) is 5.02 Å². The Bertz CT molecular complexity index is 865. The van der Waals surface area contributed by atoms with Gasteiger partial charge >= 0.3 is 0 Å². The Balaban J connectivity index is 1.83. The van der Waals surface area contributed by atoms with E-state index in [1.54, 1.807) is 16.7 Å². The Morgan fingerprint density at radius 3 is 2.38 bits per heavy atom. The molecule has 1 aromatic rings. The van der Waals surface area contributed by atoms with Gasteiger partial charge in [-0.05, 0) is 18.2 Å². The van der Waals surface area contributed by atoms with Crippen LogP contribution in [-0.4, -0.2) is 68.4 Å². The molecule has 1 aromatic carbocycles. The van der Waals surface area contributed by atoms with Crippen LogP contribution in [0.4, 0.5) is 5.69 Å². The van der Waals surface area contributed by atoms with Crippen molar-refractivity contribution >= 4 is 45.5 Å². The summed E-state index contributed by atoms with van der Waals surface area (Å²) in [7, 11) is -3.73. The Hall–Kier alpha value is -2.13. The molecular formula is C16H18ClN3O5S. The lowest BCUT2D eigenvalue weighted by atomic mass is 10.1. The molecule has 2 aliphatic rings. The first-order valence-electron chi connectivity index (χ1n) is 8.09. The van der Waals surface area contributed by atoms with Crippen LogP contribution in [0.5, 0.6) is 0 Å². The fourth-order valence-electron chi connectivity index (χ4n) is 3.09. The molecule has 0 N–H and O–H groups in total. The van der Waals surface area contributed by atoms with Gasteiger partial charge in [0.2, 0.25) is 22.3 Å². The van der Waals surface area contributed by atoms with Crippen molar-refractivity contribution in [2.24, 2.45) is 5.92 Å². The Labute approximate surface area is 156 Å². The third kappa shape index (κ3) is 3.28. The van der Waals surface area contributed by atoms with E-state index >= 15 is 0 Å². The maximum Gasteiger partial charge on any atom is 0.255 e. The molecule has 0 saturated carbocycles. The van der Waals surface area contributed by atoms with E-state index in [9.17, 15) is 22.8 Å². The van der Waals surface area contributed by atoms with E-state index in [2.05, 4.69) is 0 Å². The smallest absolute Gasteiger partial charge is 0.255 e. The van der Waals surface area contributed by atoms with Crippen LogP contribution in [0.3, 0.4) is 0 Å². The molecule has 0 aliphatic carbocycles. The average molecular weight is 400 g/mol. The first-order chi connectivity index (χ1) is 12.2. The molecule has 10 heteroatoms. The molecule has 3 rings (SSSR count). The summed E-state index contributed by atoms with van der Waals surface area (Å²) in [6.45, 7) is 3.24. The highest BCUT2D eigenvalue weighted by Crippen LogP contribution is 2.31. The zero-order valence-corrected chi connectivity index (χ0v) is 15.7. The normalized spacial score (nSPS) is 22.6. The van der Waals surface area contributed by atoms with Crippen molar-refractivity contribution in [2.75, 3.05) is 36.2 Å². The van der Waals surface area contributed by atoms with E-state index in [-0.39, 0.29) is 27.9 Å². The number of hydrogen-bond donors (Lipinski definition) is 0. The minimum Gasteiger partial charge on any atom is -0.342 e. The number of amides is 3. The highest BCUT2D eigenvalue weighted by molar-refractivity contribution is 7.94. The van der Waals surface area contributed by atoms with E-state index in [4.69, 9.17) is 11.6 Å². The molecule has 0 spiro atoms. The van der Waals surface area contributed by atoms with Gasteiger partial charge in [0.1, 0.15) is 0 Å². The first-order valence-corrected chi connectivity index (χ1v) is 10.1. The van der Waals surface area contributed by atoms with E-state index in [0.717, 1.165) is 10.7 Å². The lowest BCUT2D eigenvalue weighted by molar-refractivity contribution is -0.120. The number of sulfonamides is 1. The highest BCUT2D eigenvalue weighted by Gasteiger charge is 2.42. The second-order valence-electron chi connectivity index (χ2n) is 6.38. The van der Waals surface area contributed by atoms with Crippen LogP contribution in [0.1, 0.15) is 17.3 Å². The molecule has 1 unspecified atom stereocenters. The van der Waals surface area contributed by atoms with Gasteiger partial charge in [0.05, 0.1) is 27.9 Å². The van der Waals surface area contributed by atoms with Gasteiger partial charge in [-0.1, -0.05) is 18.5 Å². The van der Waals surface area contributed by atoms with E-state index < -0.39 is 21.8 Å². The van der Waals surface area contributed by atoms with Crippen LogP contribution < -0.4 is 4.31 Å². The standard InChI is InChI=1S/C16H18ClN3O5S/c1-11-9-26(24,25)20(15(11)22)12-2-3-13(14(17)8-12)16(23)19-6-4-18(10-21)5-7-19/h2-3,8,10-11H,4-7,9H2,1H3. The summed E-state index contributed by atoms with van der Waals surface area (Å²) in [6.07, 6.45) is 0.748. The number of hydrogen-bond acceptors (Lipinski definition) is 5. The van der Waals surface area contributed by atoms with Gasteiger partial charge < -0.3 is 9.80 Å². The van der Waals surface area contributed by atoms with E-state index in [0.29, 0.717) is 26.2 Å². The monoisotopic (exact) mass is 399 g/mol. The fourth-order valence-corrected chi connectivity index (χ4v) is 5.16. The molecule has 1 atom stereocenters. The topological polar surface area (TPSA) is 95.1 Å². The molecule has 3 amide bonds.